The lowest BCUT2D eigenvalue weighted by molar-refractivity contribution is 0.539. The first kappa shape index (κ1) is 6.79. The molecule has 0 aromatic carbocycles. The Morgan fingerprint density at radius 2 is 2.45 bits per heavy atom. The molecular formula is C7H12N4. The van der Waals surface area contributed by atoms with Crippen molar-refractivity contribution in [3.63, 3.8) is 0 Å². The van der Waals surface area contributed by atoms with Gasteiger partial charge in [0.2, 0.25) is 0 Å². The molecule has 4 nitrogen and oxygen atoms in total. The summed E-state index contributed by atoms with van der Waals surface area (Å²) in [5, 5.41) is 11.0. The molecule has 1 aromatic heterocycles. The molecule has 11 heavy (non-hydrogen) atoms. The fraction of sp³-hybridized carbons (Fsp3) is 0.714. The zero-order valence-corrected chi connectivity index (χ0v) is 6.40. The van der Waals surface area contributed by atoms with Crippen LogP contribution in [0.3, 0.4) is 0 Å². The van der Waals surface area contributed by atoms with Crippen molar-refractivity contribution in [1.29, 1.82) is 0 Å². The first-order valence-electron chi connectivity index (χ1n) is 4.02. The summed E-state index contributed by atoms with van der Waals surface area (Å²) < 4.78 is 1.84. The minimum absolute atomic E-state index is 0.790. The SMILES string of the molecule is c1cn(CCNC2CC2)nn1. The maximum atomic E-state index is 3.86. The molecule has 2 rings (SSSR count). The van der Waals surface area contributed by atoms with Crippen LogP contribution in [0.5, 0.6) is 0 Å². The van der Waals surface area contributed by atoms with Gasteiger partial charge < -0.3 is 5.32 Å². The Bertz CT molecular complexity index is 202. The van der Waals surface area contributed by atoms with Gasteiger partial charge in [-0.15, -0.1) is 5.10 Å². The Kier molecular flexibility index (Phi) is 1.85. The van der Waals surface area contributed by atoms with Gasteiger partial charge in [0.05, 0.1) is 12.7 Å². The molecule has 1 fully saturated rings. The van der Waals surface area contributed by atoms with Crippen LogP contribution >= 0.6 is 0 Å². The minimum atomic E-state index is 0.790. The van der Waals surface area contributed by atoms with Gasteiger partial charge >= 0.3 is 0 Å². The predicted molar refractivity (Wildman–Crippen MR) is 41.0 cm³/mol. The highest BCUT2D eigenvalue weighted by Gasteiger charge is 2.19. The van der Waals surface area contributed by atoms with Crippen LogP contribution in [-0.4, -0.2) is 27.6 Å². The molecule has 1 saturated carbocycles. The number of nitrogens with one attached hydrogen (secondary N) is 1. The average Bonchev–Trinajstić information content (AvgIpc) is 2.66. The monoisotopic (exact) mass is 152 g/mol. The lowest BCUT2D eigenvalue weighted by Gasteiger charge is -2.00. The van der Waals surface area contributed by atoms with Crippen molar-refractivity contribution >= 4 is 0 Å². The van der Waals surface area contributed by atoms with Gasteiger partial charge in [0.15, 0.2) is 0 Å². The van der Waals surface area contributed by atoms with Crippen molar-refractivity contribution in [2.45, 2.75) is 25.4 Å². The van der Waals surface area contributed by atoms with Crippen LogP contribution in [0, 0.1) is 0 Å². The lowest BCUT2D eigenvalue weighted by atomic mass is 10.6. The molecule has 0 spiro atoms. The van der Waals surface area contributed by atoms with E-state index in [0.717, 1.165) is 19.1 Å². The first-order chi connectivity index (χ1) is 5.45. The molecular weight excluding hydrogens is 140 g/mol. The fourth-order valence-corrected chi connectivity index (χ4v) is 1.02. The second-order valence-electron chi connectivity index (χ2n) is 2.89. The zero-order valence-electron chi connectivity index (χ0n) is 6.40. The number of rotatable bonds is 4. The van der Waals surface area contributed by atoms with E-state index in [1.807, 2.05) is 10.9 Å². The molecule has 0 amide bonds. The highest BCUT2D eigenvalue weighted by molar-refractivity contribution is 4.80. The Hall–Kier alpha value is -0.900. The molecule has 1 aliphatic rings. The van der Waals surface area contributed by atoms with Crippen LogP contribution < -0.4 is 5.32 Å². The van der Waals surface area contributed by atoms with Crippen LogP contribution in [0.15, 0.2) is 12.4 Å². The van der Waals surface area contributed by atoms with E-state index < -0.39 is 0 Å². The first-order valence-corrected chi connectivity index (χ1v) is 4.02. The summed E-state index contributed by atoms with van der Waals surface area (Å²) in [5.41, 5.74) is 0. The Balaban J connectivity index is 1.66. The Labute approximate surface area is 65.6 Å². The molecule has 0 saturated heterocycles. The van der Waals surface area contributed by atoms with Gasteiger partial charge in [0.25, 0.3) is 0 Å². The fourth-order valence-electron chi connectivity index (χ4n) is 1.02. The van der Waals surface area contributed by atoms with E-state index in [-0.39, 0.29) is 0 Å². The standard InChI is InChI=1S/C7H12N4/c1-2-7(1)8-3-5-11-6-4-9-10-11/h4,6-8H,1-3,5H2. The maximum Gasteiger partial charge on any atom is 0.0692 e. The predicted octanol–water partition coefficient (Wildman–Crippen LogP) is 0.0301. The molecule has 0 atom stereocenters. The summed E-state index contributed by atoms with van der Waals surface area (Å²) >= 11 is 0. The van der Waals surface area contributed by atoms with Gasteiger partial charge in [-0.1, -0.05) is 5.21 Å². The molecule has 4 heteroatoms. The van der Waals surface area contributed by atoms with Crippen LogP contribution in [0.25, 0.3) is 0 Å². The van der Waals surface area contributed by atoms with Crippen LogP contribution in [0.4, 0.5) is 0 Å². The number of aromatic nitrogens is 3. The largest absolute Gasteiger partial charge is 0.312 e. The summed E-state index contributed by atoms with van der Waals surface area (Å²) in [6.07, 6.45) is 6.28. The van der Waals surface area contributed by atoms with E-state index in [2.05, 4.69) is 15.6 Å². The second-order valence-corrected chi connectivity index (χ2v) is 2.89. The summed E-state index contributed by atoms with van der Waals surface area (Å²) in [6.45, 7) is 1.94. The Morgan fingerprint density at radius 1 is 1.55 bits per heavy atom. The normalized spacial score (nSPS) is 17.1. The van der Waals surface area contributed by atoms with E-state index in [9.17, 15) is 0 Å². The number of hydrogen-bond donors (Lipinski definition) is 1. The summed E-state index contributed by atoms with van der Waals surface area (Å²) in [4.78, 5) is 0. The smallest absolute Gasteiger partial charge is 0.0692 e. The van der Waals surface area contributed by atoms with E-state index in [1.165, 1.54) is 12.8 Å². The van der Waals surface area contributed by atoms with Crippen molar-refractivity contribution in [1.82, 2.24) is 20.3 Å². The van der Waals surface area contributed by atoms with Crippen molar-refractivity contribution in [2.75, 3.05) is 6.54 Å². The minimum Gasteiger partial charge on any atom is -0.312 e. The van der Waals surface area contributed by atoms with Crippen LogP contribution in [-0.2, 0) is 6.54 Å². The number of hydrogen-bond acceptors (Lipinski definition) is 3. The molecule has 0 radical (unpaired) electrons. The molecule has 1 N–H and O–H groups in total. The van der Waals surface area contributed by atoms with E-state index in [0.29, 0.717) is 0 Å². The maximum absolute atomic E-state index is 3.86. The molecule has 1 aliphatic carbocycles. The van der Waals surface area contributed by atoms with E-state index in [1.54, 1.807) is 6.20 Å². The van der Waals surface area contributed by atoms with Crippen molar-refractivity contribution < 1.29 is 0 Å². The quantitative estimate of drug-likeness (QED) is 0.662. The zero-order chi connectivity index (χ0) is 7.52. The third-order valence-corrected chi connectivity index (χ3v) is 1.82. The van der Waals surface area contributed by atoms with Gasteiger partial charge in [-0.3, -0.25) is 4.68 Å². The highest BCUT2D eigenvalue weighted by atomic mass is 15.4. The molecule has 1 aromatic rings. The van der Waals surface area contributed by atoms with Crippen molar-refractivity contribution in [2.24, 2.45) is 0 Å². The van der Waals surface area contributed by atoms with Gasteiger partial charge in [0.1, 0.15) is 0 Å². The molecule has 1 heterocycles. The van der Waals surface area contributed by atoms with E-state index >= 15 is 0 Å². The molecule has 0 bridgehead atoms. The summed E-state index contributed by atoms with van der Waals surface area (Å²) in [7, 11) is 0. The third-order valence-electron chi connectivity index (χ3n) is 1.82. The molecule has 60 valence electrons. The van der Waals surface area contributed by atoms with Crippen LogP contribution in [0.2, 0.25) is 0 Å². The van der Waals surface area contributed by atoms with Crippen molar-refractivity contribution in [3.8, 4) is 0 Å². The molecule has 0 unspecified atom stereocenters. The van der Waals surface area contributed by atoms with Gasteiger partial charge in [-0.2, -0.15) is 0 Å². The molecule has 0 aliphatic heterocycles. The van der Waals surface area contributed by atoms with Crippen LogP contribution in [0.1, 0.15) is 12.8 Å². The Morgan fingerprint density at radius 3 is 3.09 bits per heavy atom. The topological polar surface area (TPSA) is 42.7 Å². The van der Waals surface area contributed by atoms with Gasteiger partial charge in [0, 0.05) is 18.8 Å². The highest BCUT2D eigenvalue weighted by Crippen LogP contribution is 2.17. The van der Waals surface area contributed by atoms with Gasteiger partial charge in [-0.05, 0) is 12.8 Å². The van der Waals surface area contributed by atoms with Gasteiger partial charge in [-0.25, -0.2) is 0 Å². The summed E-state index contributed by atoms with van der Waals surface area (Å²) in [5.74, 6) is 0. The second kappa shape index (κ2) is 3.00. The lowest BCUT2D eigenvalue weighted by Crippen LogP contribution is -2.22. The summed E-state index contributed by atoms with van der Waals surface area (Å²) in [6, 6.07) is 0.790. The van der Waals surface area contributed by atoms with E-state index in [4.69, 9.17) is 0 Å². The third kappa shape index (κ3) is 2.01. The number of nitrogens with zero attached hydrogens (tertiary/aromatic N) is 3. The average molecular weight is 152 g/mol. The van der Waals surface area contributed by atoms with Crippen molar-refractivity contribution in [3.05, 3.63) is 12.4 Å².